The van der Waals surface area contributed by atoms with Crippen LogP contribution in [0.5, 0.6) is 0 Å². The molecular weight excluding hydrogens is 380 g/mol. The minimum Gasteiger partial charge on any atom is -0.369 e. The van der Waals surface area contributed by atoms with E-state index in [1.807, 2.05) is 6.07 Å². The van der Waals surface area contributed by atoms with E-state index in [-0.39, 0.29) is 22.9 Å². The lowest BCUT2D eigenvalue weighted by Gasteiger charge is -2.36. The van der Waals surface area contributed by atoms with Gasteiger partial charge in [-0.05, 0) is 30.3 Å². The van der Waals surface area contributed by atoms with Crippen LogP contribution in [-0.2, 0) is 4.79 Å². The van der Waals surface area contributed by atoms with Crippen molar-refractivity contribution in [2.75, 3.05) is 49.9 Å². The van der Waals surface area contributed by atoms with Crippen LogP contribution in [0.1, 0.15) is 10.9 Å². The zero-order valence-electron chi connectivity index (χ0n) is 15.6. The summed E-state index contributed by atoms with van der Waals surface area (Å²) in [6.07, 6.45) is 0. The first-order valence-corrected chi connectivity index (χ1v) is 10.5. The molecule has 1 amide bonds. The monoisotopic (exact) mass is 403 g/mol. The summed E-state index contributed by atoms with van der Waals surface area (Å²) in [7, 11) is 0. The number of rotatable bonds is 4. The fourth-order valence-corrected chi connectivity index (χ4v) is 5.06. The molecule has 0 N–H and O–H groups in total. The maximum absolute atomic E-state index is 14.2. The Morgan fingerprint density at radius 3 is 2.39 bits per heavy atom. The van der Waals surface area contributed by atoms with Gasteiger partial charge in [0.1, 0.15) is 17.0 Å². The third-order valence-electron chi connectivity index (χ3n) is 5.31. The largest absolute Gasteiger partial charge is 0.369 e. The Hall–Kier alpha value is -2.12. The topological polar surface area (TPSA) is 26.8 Å². The summed E-state index contributed by atoms with van der Waals surface area (Å²) in [5, 5.41) is -0.241. The highest BCUT2D eigenvalue weighted by atomic mass is 32.2. The molecule has 0 unspecified atom stereocenters. The number of amides is 1. The molecule has 0 aliphatic carbocycles. The molecule has 0 radical (unpaired) electrons. The minimum atomic E-state index is -0.257. The van der Waals surface area contributed by atoms with Crippen molar-refractivity contribution in [3.05, 3.63) is 65.7 Å². The van der Waals surface area contributed by atoms with Crippen molar-refractivity contribution in [1.82, 2.24) is 9.80 Å². The average Bonchev–Trinajstić information content (AvgIpc) is 3.19. The van der Waals surface area contributed by atoms with Gasteiger partial charge in [0.05, 0.1) is 6.54 Å². The van der Waals surface area contributed by atoms with Crippen molar-refractivity contribution >= 4 is 23.4 Å². The van der Waals surface area contributed by atoms with Crippen molar-refractivity contribution in [3.63, 3.8) is 0 Å². The molecule has 2 saturated heterocycles. The van der Waals surface area contributed by atoms with Crippen LogP contribution in [0.2, 0.25) is 0 Å². The minimum absolute atomic E-state index is 0.0495. The van der Waals surface area contributed by atoms with Crippen LogP contribution in [0.3, 0.4) is 0 Å². The Kier molecular flexibility index (Phi) is 5.82. The first kappa shape index (κ1) is 19.2. The summed E-state index contributed by atoms with van der Waals surface area (Å²) in [4.78, 5) is 19.0. The van der Waals surface area contributed by atoms with Crippen LogP contribution in [0.25, 0.3) is 0 Å². The summed E-state index contributed by atoms with van der Waals surface area (Å²) in [6.45, 7) is 4.14. The number of anilines is 1. The van der Waals surface area contributed by atoms with Gasteiger partial charge in [-0.3, -0.25) is 9.69 Å². The normalized spacial score (nSPS) is 20.6. The number of carbonyl (C=O) groups is 1. The number of hydrogen-bond acceptors (Lipinski definition) is 4. The van der Waals surface area contributed by atoms with Gasteiger partial charge in [0.25, 0.3) is 0 Å². The number of hydrogen-bond donors (Lipinski definition) is 0. The Labute approximate surface area is 168 Å². The molecule has 0 aromatic heterocycles. The average molecular weight is 403 g/mol. The van der Waals surface area contributed by atoms with Gasteiger partial charge in [-0.15, -0.1) is 11.8 Å². The van der Waals surface area contributed by atoms with Crippen LogP contribution >= 0.6 is 11.8 Å². The van der Waals surface area contributed by atoms with Gasteiger partial charge in [0, 0.05) is 49.7 Å². The molecule has 2 aliphatic rings. The molecule has 2 heterocycles. The van der Waals surface area contributed by atoms with E-state index in [0.29, 0.717) is 18.7 Å². The van der Waals surface area contributed by atoms with E-state index in [9.17, 15) is 13.6 Å². The van der Waals surface area contributed by atoms with Gasteiger partial charge in [0.2, 0.25) is 5.91 Å². The fraction of sp³-hybridized carbons (Fsp3) is 0.381. The second kappa shape index (κ2) is 8.49. The first-order valence-electron chi connectivity index (χ1n) is 9.50. The van der Waals surface area contributed by atoms with Crippen molar-refractivity contribution in [2.45, 2.75) is 5.37 Å². The Morgan fingerprint density at radius 2 is 1.68 bits per heavy atom. The second-order valence-corrected chi connectivity index (χ2v) is 8.26. The molecule has 2 aliphatic heterocycles. The third-order valence-corrected chi connectivity index (χ3v) is 6.55. The molecule has 2 fully saturated rings. The number of nitrogens with zero attached hydrogens (tertiary/aromatic N) is 3. The lowest BCUT2D eigenvalue weighted by atomic mass is 10.2. The van der Waals surface area contributed by atoms with E-state index < -0.39 is 0 Å². The molecule has 1 atom stereocenters. The molecule has 2 aromatic carbocycles. The van der Waals surface area contributed by atoms with Gasteiger partial charge < -0.3 is 9.80 Å². The Bertz CT molecular complexity index is 825. The zero-order chi connectivity index (χ0) is 19.5. The number of piperazine rings is 1. The van der Waals surface area contributed by atoms with E-state index in [4.69, 9.17) is 0 Å². The second-order valence-electron chi connectivity index (χ2n) is 7.07. The highest BCUT2D eigenvalue weighted by molar-refractivity contribution is 7.99. The molecule has 4 nitrogen and oxygen atoms in total. The molecule has 2 aromatic rings. The number of carbonyl (C=O) groups excluding carboxylic acids is 1. The summed E-state index contributed by atoms with van der Waals surface area (Å²) >= 11 is 1.61. The van der Waals surface area contributed by atoms with Gasteiger partial charge in [-0.1, -0.05) is 18.2 Å². The molecule has 28 heavy (non-hydrogen) atoms. The summed E-state index contributed by atoms with van der Waals surface area (Å²) in [6, 6.07) is 13.2. The SMILES string of the molecule is O=C(CN1CCN(c2ccc(F)cc2)CC1)N1CCS[C@@H]1c1ccccc1F. The van der Waals surface area contributed by atoms with Gasteiger partial charge in [-0.2, -0.15) is 0 Å². The van der Waals surface area contributed by atoms with Gasteiger partial charge in [0.15, 0.2) is 0 Å². The van der Waals surface area contributed by atoms with Crippen molar-refractivity contribution in [2.24, 2.45) is 0 Å². The van der Waals surface area contributed by atoms with Crippen LogP contribution in [-0.4, -0.2) is 60.7 Å². The summed E-state index contributed by atoms with van der Waals surface area (Å²) in [5.41, 5.74) is 1.59. The van der Waals surface area contributed by atoms with Crippen LogP contribution in [0, 0.1) is 11.6 Å². The molecular formula is C21H23F2N3OS. The molecule has 7 heteroatoms. The molecule has 148 valence electrons. The lowest BCUT2D eigenvalue weighted by Crippen LogP contribution is -2.50. The van der Waals surface area contributed by atoms with E-state index >= 15 is 0 Å². The van der Waals surface area contributed by atoms with Gasteiger partial charge in [-0.25, -0.2) is 8.78 Å². The molecule has 4 rings (SSSR count). The van der Waals surface area contributed by atoms with Crippen LogP contribution in [0.15, 0.2) is 48.5 Å². The van der Waals surface area contributed by atoms with Crippen molar-refractivity contribution < 1.29 is 13.6 Å². The first-order chi connectivity index (χ1) is 13.6. The van der Waals surface area contributed by atoms with Crippen molar-refractivity contribution in [1.29, 1.82) is 0 Å². The summed E-state index contributed by atoms with van der Waals surface area (Å²) < 4.78 is 27.3. The lowest BCUT2D eigenvalue weighted by molar-refractivity contribution is -0.132. The smallest absolute Gasteiger partial charge is 0.237 e. The van der Waals surface area contributed by atoms with Crippen LogP contribution in [0.4, 0.5) is 14.5 Å². The highest BCUT2D eigenvalue weighted by Gasteiger charge is 2.33. The molecule has 0 bridgehead atoms. The predicted molar refractivity (Wildman–Crippen MR) is 108 cm³/mol. The predicted octanol–water partition coefficient (Wildman–Crippen LogP) is 3.36. The Balaban J connectivity index is 1.34. The fourth-order valence-electron chi connectivity index (χ4n) is 3.76. The summed E-state index contributed by atoms with van der Waals surface area (Å²) in [5.74, 6) is 0.380. The maximum Gasteiger partial charge on any atom is 0.237 e. The zero-order valence-corrected chi connectivity index (χ0v) is 16.4. The molecule has 0 saturated carbocycles. The van der Waals surface area contributed by atoms with Crippen LogP contribution < -0.4 is 4.90 Å². The maximum atomic E-state index is 14.2. The van der Waals surface area contributed by atoms with Crippen molar-refractivity contribution in [3.8, 4) is 0 Å². The molecule has 0 spiro atoms. The van der Waals surface area contributed by atoms with E-state index in [2.05, 4.69) is 9.80 Å². The van der Waals surface area contributed by atoms with E-state index in [1.165, 1.54) is 18.2 Å². The standard InChI is InChI=1S/C21H23F2N3OS/c22-16-5-7-17(8-6-16)25-11-9-24(10-12-25)15-20(27)26-13-14-28-21(26)18-3-1-2-4-19(18)23/h1-8,21H,9-15H2/t21-/m1/s1. The number of halogens is 2. The number of thioether (sulfide) groups is 1. The number of benzene rings is 2. The van der Waals surface area contributed by atoms with E-state index in [0.717, 1.165) is 37.6 Å². The highest BCUT2D eigenvalue weighted by Crippen LogP contribution is 2.39. The quantitative estimate of drug-likeness (QED) is 0.782. The van der Waals surface area contributed by atoms with E-state index in [1.54, 1.807) is 40.9 Å². The third kappa shape index (κ3) is 4.15. The Morgan fingerprint density at radius 1 is 0.964 bits per heavy atom. The van der Waals surface area contributed by atoms with Gasteiger partial charge >= 0.3 is 0 Å².